The Balaban J connectivity index is 1.46. The largest absolute Gasteiger partial charge is 0.493 e. The van der Waals surface area contributed by atoms with Crippen LogP contribution in [-0.2, 0) is 16.4 Å². The topological polar surface area (TPSA) is 115 Å². The molecule has 0 unspecified atom stereocenters. The van der Waals surface area contributed by atoms with Crippen LogP contribution < -0.4 is 14.8 Å². The van der Waals surface area contributed by atoms with Gasteiger partial charge in [0.2, 0.25) is 0 Å². The van der Waals surface area contributed by atoms with Gasteiger partial charge in [0, 0.05) is 35.0 Å². The van der Waals surface area contributed by atoms with Gasteiger partial charge in [-0.25, -0.2) is 13.9 Å². The average Bonchev–Trinajstić information content (AvgIpc) is 3.26. The molecule has 1 aliphatic heterocycles. The van der Waals surface area contributed by atoms with Crippen LogP contribution >= 0.6 is 0 Å². The number of pyridine rings is 1. The van der Waals surface area contributed by atoms with Crippen LogP contribution in [0.1, 0.15) is 30.1 Å². The van der Waals surface area contributed by atoms with Crippen molar-refractivity contribution in [2.75, 3.05) is 11.9 Å². The molecule has 0 saturated heterocycles. The Hall–Kier alpha value is -3.47. The predicted molar refractivity (Wildman–Crippen MR) is 113 cm³/mol. The number of aromatic nitrogens is 3. The third kappa shape index (κ3) is 3.79. The van der Waals surface area contributed by atoms with Gasteiger partial charge in [-0.15, -0.1) is 0 Å². The van der Waals surface area contributed by atoms with Crippen LogP contribution in [0.25, 0.3) is 11.1 Å². The van der Waals surface area contributed by atoms with Crippen LogP contribution in [-0.4, -0.2) is 35.8 Å². The van der Waals surface area contributed by atoms with Crippen molar-refractivity contribution in [2.24, 2.45) is 0 Å². The summed E-state index contributed by atoms with van der Waals surface area (Å²) >= 11 is 0. The highest BCUT2D eigenvalue weighted by atomic mass is 32.2. The standard InChI is InChI=1S/C21H20FN5O4S/c1-12-10-16(17(22)11-23-12)14-4-5-18-15(7-9-31-18)20(14)24-21(28)26-32(29,30)19-6-8-27(25-19)13-2-3-13/h4-6,8,10-11,13H,2-3,7,9H2,1H3,(H2,24,26,28). The lowest BCUT2D eigenvalue weighted by atomic mass is 9.98. The molecule has 166 valence electrons. The van der Waals surface area contributed by atoms with Crippen LogP contribution in [0.5, 0.6) is 5.75 Å². The second-order valence-corrected chi connectivity index (χ2v) is 9.42. The van der Waals surface area contributed by atoms with Crippen molar-refractivity contribution in [3.05, 3.63) is 53.7 Å². The number of nitrogens with one attached hydrogen (secondary N) is 2. The third-order valence-corrected chi connectivity index (χ3v) is 6.63. The summed E-state index contributed by atoms with van der Waals surface area (Å²) in [6.45, 7) is 2.14. The number of carbonyl (C=O) groups is 1. The molecule has 2 aliphatic rings. The number of fused-ring (bicyclic) bond motifs is 1. The molecule has 1 saturated carbocycles. The number of urea groups is 1. The lowest BCUT2D eigenvalue weighted by molar-refractivity contribution is 0.256. The summed E-state index contributed by atoms with van der Waals surface area (Å²) in [4.78, 5) is 16.6. The van der Waals surface area contributed by atoms with Crippen molar-refractivity contribution in [1.29, 1.82) is 0 Å². The molecule has 3 heterocycles. The van der Waals surface area contributed by atoms with E-state index in [2.05, 4.69) is 15.4 Å². The second kappa shape index (κ2) is 7.59. The number of aryl methyl sites for hydroxylation is 1. The molecule has 32 heavy (non-hydrogen) atoms. The Morgan fingerprint density at radius 1 is 1.25 bits per heavy atom. The first-order valence-electron chi connectivity index (χ1n) is 10.1. The Kier molecular flexibility index (Phi) is 4.85. The van der Waals surface area contributed by atoms with Crippen LogP contribution in [0.4, 0.5) is 14.9 Å². The summed E-state index contributed by atoms with van der Waals surface area (Å²) in [6.07, 6.45) is 5.08. The lowest BCUT2D eigenvalue weighted by Gasteiger charge is -2.16. The van der Waals surface area contributed by atoms with E-state index in [0.29, 0.717) is 41.3 Å². The number of amides is 2. The highest BCUT2D eigenvalue weighted by Crippen LogP contribution is 2.40. The first-order valence-corrected chi connectivity index (χ1v) is 11.6. The number of halogens is 1. The maximum atomic E-state index is 14.6. The van der Waals surface area contributed by atoms with Crippen LogP contribution in [0.15, 0.2) is 41.7 Å². The number of anilines is 1. The zero-order valence-corrected chi connectivity index (χ0v) is 17.9. The summed E-state index contributed by atoms with van der Waals surface area (Å²) in [5.74, 6) is -0.00238. The van der Waals surface area contributed by atoms with Crippen molar-refractivity contribution >= 4 is 21.7 Å². The van der Waals surface area contributed by atoms with E-state index >= 15 is 0 Å². The van der Waals surface area contributed by atoms with Crippen molar-refractivity contribution in [3.63, 3.8) is 0 Å². The maximum Gasteiger partial charge on any atom is 0.333 e. The third-order valence-electron chi connectivity index (χ3n) is 5.41. The smallest absolute Gasteiger partial charge is 0.333 e. The number of carbonyl (C=O) groups excluding carboxylic acids is 1. The summed E-state index contributed by atoms with van der Waals surface area (Å²) in [5, 5.41) is 6.41. The van der Waals surface area contributed by atoms with Gasteiger partial charge in [-0.1, -0.05) is 0 Å². The minimum Gasteiger partial charge on any atom is -0.493 e. The number of benzene rings is 1. The normalized spacial score (nSPS) is 15.2. The van der Waals surface area contributed by atoms with Crippen molar-refractivity contribution in [1.82, 2.24) is 19.5 Å². The van der Waals surface area contributed by atoms with Gasteiger partial charge in [0.1, 0.15) is 11.6 Å². The number of sulfonamides is 1. The molecule has 0 radical (unpaired) electrons. The van der Waals surface area contributed by atoms with E-state index in [0.717, 1.165) is 19.0 Å². The second-order valence-electron chi connectivity index (χ2n) is 7.79. The monoisotopic (exact) mass is 457 g/mol. The Morgan fingerprint density at radius 3 is 2.84 bits per heavy atom. The molecule has 2 aromatic heterocycles. The Labute approximate surface area is 183 Å². The van der Waals surface area contributed by atoms with Gasteiger partial charge >= 0.3 is 6.03 Å². The molecule has 0 spiro atoms. The number of rotatable bonds is 5. The molecule has 5 rings (SSSR count). The van der Waals surface area contributed by atoms with Gasteiger partial charge in [-0.3, -0.25) is 9.67 Å². The van der Waals surface area contributed by atoms with E-state index in [1.54, 1.807) is 36.0 Å². The zero-order chi connectivity index (χ0) is 22.5. The van der Waals surface area contributed by atoms with E-state index in [1.807, 2.05) is 4.72 Å². The van der Waals surface area contributed by atoms with E-state index < -0.39 is 21.9 Å². The predicted octanol–water partition coefficient (Wildman–Crippen LogP) is 3.17. The molecule has 9 nitrogen and oxygen atoms in total. The molecule has 1 aromatic carbocycles. The highest BCUT2D eigenvalue weighted by Gasteiger charge is 2.28. The van der Waals surface area contributed by atoms with Gasteiger partial charge in [-0.05, 0) is 44.0 Å². The molecule has 3 aromatic rings. The fraction of sp³-hybridized carbons (Fsp3) is 0.286. The average molecular weight is 457 g/mol. The minimum atomic E-state index is -4.18. The number of hydrogen-bond donors (Lipinski definition) is 2. The molecule has 0 bridgehead atoms. The van der Waals surface area contributed by atoms with Crippen molar-refractivity contribution < 1.29 is 22.3 Å². The van der Waals surface area contributed by atoms with Gasteiger partial charge in [0.15, 0.2) is 5.03 Å². The fourth-order valence-electron chi connectivity index (χ4n) is 3.71. The number of nitrogens with zero attached hydrogens (tertiary/aromatic N) is 3. The van der Waals surface area contributed by atoms with E-state index in [-0.39, 0.29) is 16.6 Å². The van der Waals surface area contributed by atoms with Gasteiger partial charge < -0.3 is 10.1 Å². The lowest BCUT2D eigenvalue weighted by Crippen LogP contribution is -2.35. The van der Waals surface area contributed by atoms with Crippen LogP contribution in [0, 0.1) is 12.7 Å². The quantitative estimate of drug-likeness (QED) is 0.608. The summed E-state index contributed by atoms with van der Waals surface area (Å²) in [6, 6.07) is 5.49. The zero-order valence-electron chi connectivity index (χ0n) is 17.1. The summed E-state index contributed by atoms with van der Waals surface area (Å²) in [5.41, 5.74) is 2.21. The summed E-state index contributed by atoms with van der Waals surface area (Å²) in [7, 11) is -4.18. The van der Waals surface area contributed by atoms with E-state index in [4.69, 9.17) is 4.74 Å². The first-order chi connectivity index (χ1) is 15.3. The molecule has 0 atom stereocenters. The van der Waals surface area contributed by atoms with Gasteiger partial charge in [-0.2, -0.15) is 13.5 Å². The SMILES string of the molecule is Cc1cc(-c2ccc3c(c2NC(=O)NS(=O)(=O)c2ccn(C4CC4)n2)CCO3)c(F)cn1. The molecule has 2 N–H and O–H groups in total. The molecule has 2 amide bonds. The maximum absolute atomic E-state index is 14.6. The van der Waals surface area contributed by atoms with Gasteiger partial charge in [0.25, 0.3) is 10.0 Å². The van der Waals surface area contributed by atoms with Crippen molar-refractivity contribution in [2.45, 2.75) is 37.3 Å². The van der Waals surface area contributed by atoms with E-state index in [1.165, 1.54) is 6.07 Å². The molecule has 1 aliphatic carbocycles. The number of hydrogen-bond acceptors (Lipinski definition) is 6. The Bertz CT molecular complexity index is 1330. The van der Waals surface area contributed by atoms with Crippen LogP contribution in [0.2, 0.25) is 0 Å². The molecular weight excluding hydrogens is 437 g/mol. The highest BCUT2D eigenvalue weighted by molar-refractivity contribution is 7.90. The Morgan fingerprint density at radius 2 is 2.06 bits per heavy atom. The van der Waals surface area contributed by atoms with Crippen molar-refractivity contribution in [3.8, 4) is 16.9 Å². The van der Waals surface area contributed by atoms with Crippen LogP contribution in [0.3, 0.4) is 0 Å². The fourth-order valence-corrected chi connectivity index (χ4v) is 4.55. The van der Waals surface area contributed by atoms with Gasteiger partial charge in [0.05, 0.1) is 24.5 Å². The molecule has 1 fully saturated rings. The molecule has 11 heteroatoms. The molecular formula is C21H20FN5O4S. The van der Waals surface area contributed by atoms with E-state index in [9.17, 15) is 17.6 Å². The minimum absolute atomic E-state index is 0.209. The number of ether oxygens (including phenoxy) is 1. The summed E-state index contributed by atoms with van der Waals surface area (Å²) < 4.78 is 49.0. The first kappa shape index (κ1) is 20.4.